The molecule has 5 nitrogen and oxygen atoms in total. The van der Waals surface area contributed by atoms with Crippen molar-refractivity contribution in [2.45, 2.75) is 25.8 Å². The van der Waals surface area contributed by atoms with Crippen molar-refractivity contribution in [2.75, 3.05) is 19.6 Å². The number of carbonyl (C=O) groups excluding carboxylic acids is 1. The Labute approximate surface area is 159 Å². The Hall–Kier alpha value is -2.66. The highest BCUT2D eigenvalue weighted by Gasteiger charge is 2.19. The van der Waals surface area contributed by atoms with Crippen LogP contribution in [0.15, 0.2) is 54.7 Å². The molecule has 5 heteroatoms. The topological polar surface area (TPSA) is 61.0 Å². The molecule has 0 spiro atoms. The van der Waals surface area contributed by atoms with Crippen molar-refractivity contribution in [1.82, 2.24) is 20.4 Å². The number of fused-ring (bicyclic) bond motifs is 1. The summed E-state index contributed by atoms with van der Waals surface area (Å²) in [5.74, 6) is 0.702. The third kappa shape index (κ3) is 4.55. The average Bonchev–Trinajstić information content (AvgIpc) is 3.18. The fourth-order valence-corrected chi connectivity index (χ4v) is 3.85. The monoisotopic (exact) mass is 362 g/mol. The summed E-state index contributed by atoms with van der Waals surface area (Å²) >= 11 is 0. The molecule has 2 aromatic carbocycles. The van der Waals surface area contributed by atoms with Crippen LogP contribution in [0.2, 0.25) is 0 Å². The van der Waals surface area contributed by atoms with E-state index < -0.39 is 0 Å². The van der Waals surface area contributed by atoms with Gasteiger partial charge >= 0.3 is 0 Å². The zero-order chi connectivity index (χ0) is 18.5. The predicted octanol–water partition coefficient (Wildman–Crippen LogP) is 3.60. The lowest BCUT2D eigenvalue weighted by atomic mass is 9.93. The van der Waals surface area contributed by atoms with Crippen molar-refractivity contribution in [1.29, 1.82) is 0 Å². The second-order valence-corrected chi connectivity index (χ2v) is 7.42. The van der Waals surface area contributed by atoms with E-state index in [0.717, 1.165) is 43.5 Å². The van der Waals surface area contributed by atoms with Crippen molar-refractivity contribution in [3.63, 3.8) is 0 Å². The quantitative estimate of drug-likeness (QED) is 0.704. The van der Waals surface area contributed by atoms with Gasteiger partial charge in [0.15, 0.2) is 0 Å². The average molecular weight is 362 g/mol. The molecule has 1 fully saturated rings. The van der Waals surface area contributed by atoms with Crippen LogP contribution in [-0.4, -0.2) is 40.6 Å². The maximum absolute atomic E-state index is 12.4. The van der Waals surface area contributed by atoms with Crippen molar-refractivity contribution >= 4 is 16.8 Å². The highest BCUT2D eigenvalue weighted by atomic mass is 16.1. The number of amides is 1. The number of rotatable bonds is 6. The van der Waals surface area contributed by atoms with Crippen LogP contribution in [0.4, 0.5) is 0 Å². The fourth-order valence-electron chi connectivity index (χ4n) is 3.85. The Bertz CT molecular complexity index is 881. The molecular weight excluding hydrogens is 336 g/mol. The van der Waals surface area contributed by atoms with Gasteiger partial charge < -0.3 is 5.32 Å². The molecule has 0 radical (unpaired) electrons. The van der Waals surface area contributed by atoms with Gasteiger partial charge in [-0.1, -0.05) is 30.3 Å². The van der Waals surface area contributed by atoms with Crippen LogP contribution in [-0.2, 0) is 6.54 Å². The first kappa shape index (κ1) is 17.7. The van der Waals surface area contributed by atoms with Crippen LogP contribution in [0.1, 0.15) is 35.2 Å². The van der Waals surface area contributed by atoms with E-state index in [1.165, 1.54) is 18.4 Å². The van der Waals surface area contributed by atoms with Gasteiger partial charge in [0, 0.05) is 24.0 Å². The van der Waals surface area contributed by atoms with Gasteiger partial charge in [-0.25, -0.2) is 0 Å². The van der Waals surface area contributed by atoms with E-state index in [4.69, 9.17) is 0 Å². The van der Waals surface area contributed by atoms with E-state index in [-0.39, 0.29) is 5.91 Å². The first-order valence-corrected chi connectivity index (χ1v) is 9.75. The van der Waals surface area contributed by atoms with Crippen molar-refractivity contribution < 1.29 is 4.79 Å². The molecule has 140 valence electrons. The summed E-state index contributed by atoms with van der Waals surface area (Å²) in [6.45, 7) is 4.07. The van der Waals surface area contributed by atoms with E-state index in [1.807, 2.05) is 18.2 Å². The summed E-state index contributed by atoms with van der Waals surface area (Å²) in [7, 11) is 0. The number of nitrogens with zero attached hydrogens (tertiary/aromatic N) is 2. The van der Waals surface area contributed by atoms with Gasteiger partial charge in [-0.3, -0.25) is 14.8 Å². The lowest BCUT2D eigenvalue weighted by Crippen LogP contribution is -2.34. The molecule has 0 bridgehead atoms. The van der Waals surface area contributed by atoms with Crippen LogP contribution in [0.25, 0.3) is 10.9 Å². The van der Waals surface area contributed by atoms with Crippen molar-refractivity contribution in [2.24, 2.45) is 5.92 Å². The summed E-state index contributed by atoms with van der Waals surface area (Å²) in [5, 5.41) is 10.9. The first-order chi connectivity index (χ1) is 13.3. The maximum atomic E-state index is 12.4. The number of benzene rings is 2. The fraction of sp³-hybridized carbons (Fsp3) is 0.364. The Balaban J connectivity index is 1.19. The number of H-pyrrole nitrogens is 1. The third-order valence-corrected chi connectivity index (χ3v) is 5.50. The first-order valence-electron chi connectivity index (χ1n) is 9.75. The molecule has 1 aliphatic heterocycles. The van der Waals surface area contributed by atoms with E-state index in [1.54, 1.807) is 6.20 Å². The lowest BCUT2D eigenvalue weighted by Gasteiger charge is -2.32. The Morgan fingerprint density at radius 1 is 1.15 bits per heavy atom. The molecule has 27 heavy (non-hydrogen) atoms. The zero-order valence-corrected chi connectivity index (χ0v) is 15.5. The molecule has 1 amide bonds. The van der Waals surface area contributed by atoms with Crippen LogP contribution in [0.3, 0.4) is 0 Å². The second kappa shape index (κ2) is 8.35. The summed E-state index contributed by atoms with van der Waals surface area (Å²) < 4.78 is 0. The normalized spacial score (nSPS) is 15.9. The van der Waals surface area contributed by atoms with Crippen molar-refractivity contribution in [3.05, 3.63) is 65.9 Å². The molecule has 2 heterocycles. The SMILES string of the molecule is O=C(NCCC1CCN(Cc2ccccc2)CC1)c1ccc2[nH]ncc2c1. The van der Waals surface area contributed by atoms with E-state index in [0.29, 0.717) is 11.5 Å². The van der Waals surface area contributed by atoms with Gasteiger partial charge in [0.1, 0.15) is 0 Å². The van der Waals surface area contributed by atoms with Gasteiger partial charge in [-0.05, 0) is 62.0 Å². The number of hydrogen-bond acceptors (Lipinski definition) is 3. The number of aromatic nitrogens is 2. The highest BCUT2D eigenvalue weighted by Crippen LogP contribution is 2.21. The van der Waals surface area contributed by atoms with Crippen LogP contribution in [0.5, 0.6) is 0 Å². The maximum Gasteiger partial charge on any atom is 0.251 e. The summed E-state index contributed by atoms with van der Waals surface area (Å²) in [4.78, 5) is 14.9. The molecule has 0 aliphatic carbocycles. The number of carbonyl (C=O) groups is 1. The molecular formula is C22H26N4O. The van der Waals surface area contributed by atoms with Gasteiger partial charge in [0.05, 0.1) is 11.7 Å². The minimum Gasteiger partial charge on any atom is -0.352 e. The largest absolute Gasteiger partial charge is 0.352 e. The summed E-state index contributed by atoms with van der Waals surface area (Å²) in [6, 6.07) is 16.3. The molecule has 1 aromatic heterocycles. The van der Waals surface area contributed by atoms with Gasteiger partial charge in [0.2, 0.25) is 0 Å². The van der Waals surface area contributed by atoms with Crippen LogP contribution >= 0.6 is 0 Å². The minimum atomic E-state index is -0.000358. The van der Waals surface area contributed by atoms with Crippen LogP contribution in [0, 0.1) is 5.92 Å². The highest BCUT2D eigenvalue weighted by molar-refractivity contribution is 5.97. The van der Waals surface area contributed by atoms with E-state index >= 15 is 0 Å². The van der Waals surface area contributed by atoms with Crippen LogP contribution < -0.4 is 5.32 Å². The smallest absolute Gasteiger partial charge is 0.251 e. The number of likely N-dealkylation sites (tertiary alicyclic amines) is 1. The third-order valence-electron chi connectivity index (χ3n) is 5.50. The number of piperidine rings is 1. The summed E-state index contributed by atoms with van der Waals surface area (Å²) in [5.41, 5.74) is 3.04. The Morgan fingerprint density at radius 2 is 1.96 bits per heavy atom. The zero-order valence-electron chi connectivity index (χ0n) is 15.5. The summed E-state index contributed by atoms with van der Waals surface area (Å²) in [6.07, 6.45) is 5.22. The Kier molecular flexibility index (Phi) is 5.49. The molecule has 3 aromatic rings. The standard InChI is InChI=1S/C22H26N4O/c27-22(19-6-7-21-20(14-19)15-24-25-21)23-11-8-17-9-12-26(13-10-17)16-18-4-2-1-3-5-18/h1-7,14-15,17H,8-13,16H2,(H,23,27)(H,24,25). The molecule has 2 N–H and O–H groups in total. The van der Waals surface area contributed by atoms with E-state index in [9.17, 15) is 4.79 Å². The molecule has 0 atom stereocenters. The lowest BCUT2D eigenvalue weighted by molar-refractivity contribution is 0.0948. The van der Waals surface area contributed by atoms with Gasteiger partial charge in [0.25, 0.3) is 5.91 Å². The molecule has 4 rings (SSSR count). The molecule has 1 aliphatic rings. The van der Waals surface area contributed by atoms with Gasteiger partial charge in [-0.2, -0.15) is 5.10 Å². The number of aromatic amines is 1. The van der Waals surface area contributed by atoms with Gasteiger partial charge in [-0.15, -0.1) is 0 Å². The Morgan fingerprint density at radius 3 is 2.78 bits per heavy atom. The minimum absolute atomic E-state index is 0.000358. The predicted molar refractivity (Wildman–Crippen MR) is 107 cm³/mol. The molecule has 0 unspecified atom stereocenters. The molecule has 1 saturated heterocycles. The van der Waals surface area contributed by atoms with Crippen molar-refractivity contribution in [3.8, 4) is 0 Å². The van der Waals surface area contributed by atoms with E-state index in [2.05, 4.69) is 50.7 Å². The second-order valence-electron chi connectivity index (χ2n) is 7.42. The molecule has 0 saturated carbocycles. The number of nitrogens with one attached hydrogen (secondary N) is 2. The number of hydrogen-bond donors (Lipinski definition) is 2.